The number of hydrogen-bond acceptors (Lipinski definition) is 1. The molecule has 0 amide bonds. The fourth-order valence-corrected chi connectivity index (χ4v) is 5.80. The van der Waals surface area contributed by atoms with Gasteiger partial charge in [0.25, 0.3) is 0 Å². The van der Waals surface area contributed by atoms with Gasteiger partial charge in [0.05, 0.1) is 0 Å². The molecule has 16 heavy (non-hydrogen) atoms. The summed E-state index contributed by atoms with van der Waals surface area (Å²) in [6.07, 6.45) is 0. The maximum atomic E-state index is 2.47. The lowest BCUT2D eigenvalue weighted by molar-refractivity contribution is 0.736. The zero-order valence-corrected chi connectivity index (χ0v) is 13.5. The summed E-state index contributed by atoms with van der Waals surface area (Å²) in [5.41, 5.74) is 2.78. The third-order valence-electron chi connectivity index (χ3n) is 3.51. The van der Waals surface area contributed by atoms with Crippen molar-refractivity contribution >= 4 is 18.4 Å². The third-order valence-corrected chi connectivity index (χ3v) is 12.3. The van der Waals surface area contributed by atoms with Crippen LogP contribution in [-0.4, -0.2) is 7.22 Å². The van der Waals surface area contributed by atoms with Gasteiger partial charge in [-0.1, -0.05) is 51.6 Å². The fraction of sp³-hybridized carbons (Fsp3) is 0.571. The fourth-order valence-electron chi connectivity index (χ4n) is 1.25. The molecule has 0 saturated heterocycles. The second kappa shape index (κ2) is 4.57. The summed E-state index contributed by atoms with van der Waals surface area (Å²) < 4.78 is 0. The molecular weight excluding hydrogens is 228 g/mol. The molecule has 0 unspecified atom stereocenters. The minimum absolute atomic E-state index is 0.438. The molecule has 0 saturated carbocycles. The van der Waals surface area contributed by atoms with Crippen LogP contribution in [0.3, 0.4) is 0 Å². The molecule has 0 aromatic heterocycles. The largest absolute Gasteiger partial charge is 0.151 e. The van der Waals surface area contributed by atoms with E-state index in [9.17, 15) is 0 Å². The summed E-state index contributed by atoms with van der Waals surface area (Å²) in [6.45, 7) is 16.5. The average molecular weight is 252 g/mol. The van der Waals surface area contributed by atoms with Gasteiger partial charge < -0.3 is 0 Å². The molecule has 0 nitrogen and oxygen atoms in total. The van der Waals surface area contributed by atoms with E-state index in [0.29, 0.717) is 5.04 Å². The Balaban J connectivity index is 3.01. The molecule has 0 N–H and O–H groups in total. The van der Waals surface area contributed by atoms with Gasteiger partial charge in [-0.25, -0.2) is 0 Å². The molecule has 2 heteroatoms. The maximum absolute atomic E-state index is 2.47. The van der Waals surface area contributed by atoms with E-state index in [2.05, 4.69) is 77.1 Å². The highest BCUT2D eigenvalue weighted by molar-refractivity contribution is 8.29. The Morgan fingerprint density at radius 2 is 1.62 bits per heavy atom. The Labute approximate surface area is 105 Å². The zero-order chi connectivity index (χ0) is 12.6. The van der Waals surface area contributed by atoms with Gasteiger partial charge in [0.2, 0.25) is 0 Å². The Kier molecular flexibility index (Phi) is 3.96. The van der Waals surface area contributed by atoms with Crippen molar-refractivity contribution in [1.29, 1.82) is 0 Å². The minimum Gasteiger partial charge on any atom is -0.151 e. The highest BCUT2D eigenvalue weighted by Gasteiger charge is 2.36. The molecule has 0 fully saturated rings. The zero-order valence-electron chi connectivity index (χ0n) is 11.6. The third kappa shape index (κ3) is 3.14. The van der Waals surface area contributed by atoms with E-state index >= 15 is 0 Å². The van der Waals surface area contributed by atoms with Gasteiger partial charge in [0, 0.05) is 4.90 Å². The lowest BCUT2D eigenvalue weighted by Gasteiger charge is -2.36. The van der Waals surface area contributed by atoms with Crippen LogP contribution < -0.4 is 0 Å². The van der Waals surface area contributed by atoms with Crippen LogP contribution in [0.4, 0.5) is 0 Å². The average Bonchev–Trinajstić information content (AvgIpc) is 2.09. The quantitative estimate of drug-likeness (QED) is 0.635. The first-order chi connectivity index (χ1) is 7.13. The van der Waals surface area contributed by atoms with Crippen LogP contribution in [0.1, 0.15) is 31.9 Å². The standard InChI is InChI=1S/C14H24SSi/c1-11-8-9-12(2)13(10-11)15-16(6,7)14(3,4)5/h8-10H,1-7H3. The van der Waals surface area contributed by atoms with Crippen molar-refractivity contribution in [2.75, 3.05) is 0 Å². The van der Waals surface area contributed by atoms with Crippen molar-refractivity contribution in [2.24, 2.45) is 0 Å². The molecule has 1 aromatic rings. The van der Waals surface area contributed by atoms with Gasteiger partial charge in [0.1, 0.15) is 7.22 Å². The van der Waals surface area contributed by atoms with Gasteiger partial charge in [-0.2, -0.15) is 11.2 Å². The normalized spacial score (nSPS) is 12.9. The van der Waals surface area contributed by atoms with E-state index in [4.69, 9.17) is 0 Å². The Hall–Kier alpha value is -0.213. The molecule has 0 aliphatic carbocycles. The number of hydrogen-bond donors (Lipinski definition) is 0. The van der Waals surface area contributed by atoms with Gasteiger partial charge >= 0.3 is 0 Å². The van der Waals surface area contributed by atoms with Crippen LogP contribution >= 0.6 is 11.2 Å². The molecule has 0 radical (unpaired) electrons. The lowest BCUT2D eigenvalue weighted by atomic mass is 10.2. The SMILES string of the molecule is Cc1ccc(C)c(S[Si](C)(C)C(C)(C)C)c1. The van der Waals surface area contributed by atoms with Crippen LogP contribution in [0.15, 0.2) is 23.1 Å². The number of benzene rings is 1. The molecule has 0 aliphatic heterocycles. The van der Waals surface area contributed by atoms with Crippen LogP contribution in [0.5, 0.6) is 0 Å². The molecule has 0 spiro atoms. The lowest BCUT2D eigenvalue weighted by Crippen LogP contribution is -2.33. The van der Waals surface area contributed by atoms with E-state index in [1.54, 1.807) is 0 Å². The van der Waals surface area contributed by atoms with Crippen molar-refractivity contribution in [1.82, 2.24) is 0 Å². The van der Waals surface area contributed by atoms with E-state index < -0.39 is 7.22 Å². The first kappa shape index (κ1) is 13.9. The van der Waals surface area contributed by atoms with Crippen LogP contribution in [0.25, 0.3) is 0 Å². The summed E-state index contributed by atoms with van der Waals surface area (Å²) in [7, 11) is -1.28. The topological polar surface area (TPSA) is 0 Å². The molecule has 0 aliphatic rings. The number of rotatable bonds is 2. The van der Waals surface area contributed by atoms with Crippen molar-refractivity contribution in [3.05, 3.63) is 29.3 Å². The highest BCUT2D eigenvalue weighted by atomic mass is 32.4. The van der Waals surface area contributed by atoms with Crippen molar-refractivity contribution in [2.45, 2.75) is 57.6 Å². The summed E-state index contributed by atoms with van der Waals surface area (Å²) in [6, 6.07) is 6.77. The molecule has 0 atom stereocenters. The van der Waals surface area contributed by atoms with Crippen molar-refractivity contribution in [3.63, 3.8) is 0 Å². The van der Waals surface area contributed by atoms with E-state index in [-0.39, 0.29) is 0 Å². The Bertz CT molecular complexity index is 375. The highest BCUT2D eigenvalue weighted by Crippen LogP contribution is 2.47. The van der Waals surface area contributed by atoms with E-state index in [1.165, 1.54) is 16.0 Å². The Morgan fingerprint density at radius 1 is 1.06 bits per heavy atom. The second-order valence-electron chi connectivity index (χ2n) is 6.13. The molecule has 1 aromatic carbocycles. The predicted molar refractivity (Wildman–Crippen MR) is 79.0 cm³/mol. The van der Waals surface area contributed by atoms with Crippen LogP contribution in [0.2, 0.25) is 18.1 Å². The molecule has 0 bridgehead atoms. The molecule has 1 rings (SSSR count). The first-order valence-corrected chi connectivity index (χ1v) is 10.4. The summed E-state index contributed by atoms with van der Waals surface area (Å²) in [4.78, 5) is 1.48. The van der Waals surface area contributed by atoms with Gasteiger partial charge in [-0.05, 0) is 30.5 Å². The molecular formula is C14H24SSi. The Morgan fingerprint density at radius 3 is 2.12 bits per heavy atom. The predicted octanol–water partition coefficient (Wildman–Crippen LogP) is 5.40. The minimum atomic E-state index is -1.28. The van der Waals surface area contributed by atoms with Crippen molar-refractivity contribution in [3.8, 4) is 0 Å². The van der Waals surface area contributed by atoms with Crippen molar-refractivity contribution < 1.29 is 0 Å². The van der Waals surface area contributed by atoms with E-state index in [1.807, 2.05) is 0 Å². The van der Waals surface area contributed by atoms with Crippen LogP contribution in [-0.2, 0) is 0 Å². The smallest absolute Gasteiger partial charge is 0.122 e. The second-order valence-corrected chi connectivity index (χ2v) is 15.0. The van der Waals surface area contributed by atoms with Crippen LogP contribution in [0, 0.1) is 13.8 Å². The molecule has 90 valence electrons. The monoisotopic (exact) mass is 252 g/mol. The van der Waals surface area contributed by atoms with Gasteiger partial charge in [0.15, 0.2) is 0 Å². The summed E-state index contributed by atoms with van der Waals surface area (Å²) in [5, 5.41) is 0.438. The summed E-state index contributed by atoms with van der Waals surface area (Å²) >= 11 is 2.13. The van der Waals surface area contributed by atoms with E-state index in [0.717, 1.165) is 0 Å². The summed E-state index contributed by atoms with van der Waals surface area (Å²) in [5.74, 6) is 0. The maximum Gasteiger partial charge on any atom is 0.122 e. The first-order valence-electron chi connectivity index (χ1n) is 5.90. The van der Waals surface area contributed by atoms with Gasteiger partial charge in [-0.15, -0.1) is 0 Å². The molecule has 0 heterocycles. The number of aryl methyl sites for hydroxylation is 2. The van der Waals surface area contributed by atoms with Gasteiger partial charge in [-0.3, -0.25) is 0 Å².